The normalized spacial score (nSPS) is 20.1. The molecule has 2 amide bonds. The third kappa shape index (κ3) is 3.70. The molecule has 2 unspecified atom stereocenters. The third-order valence-corrected chi connectivity index (χ3v) is 5.89. The fraction of sp³-hybridized carbons (Fsp3) is 0.333. The molecule has 0 aliphatic carbocycles. The highest BCUT2D eigenvalue weighted by Gasteiger charge is 2.39. The molecule has 2 heterocycles. The molecule has 2 atom stereocenters. The van der Waals surface area contributed by atoms with Gasteiger partial charge >= 0.3 is 0 Å². The van der Waals surface area contributed by atoms with Gasteiger partial charge in [-0.05, 0) is 25.1 Å². The van der Waals surface area contributed by atoms with Crippen LogP contribution in [-0.4, -0.2) is 47.0 Å². The standard InChI is InChI=1S/C18H19ClN2O3S/c1-12-16(22)21(18(25-12)13-6-3-4-7-14(13)19)10-9-20(2)17(23)15-8-5-11-24-15/h3-8,11-12,18H,9-10H2,1-2H3. The molecule has 0 bridgehead atoms. The number of thioether (sulfide) groups is 1. The lowest BCUT2D eigenvalue weighted by molar-refractivity contribution is -0.129. The Bertz CT molecular complexity index is 765. The van der Waals surface area contributed by atoms with Crippen molar-refractivity contribution in [3.63, 3.8) is 0 Å². The second kappa shape index (κ2) is 7.54. The van der Waals surface area contributed by atoms with Gasteiger partial charge in [-0.3, -0.25) is 9.59 Å². The Hall–Kier alpha value is -1.92. The van der Waals surface area contributed by atoms with Gasteiger partial charge in [-0.15, -0.1) is 11.8 Å². The van der Waals surface area contributed by atoms with E-state index < -0.39 is 0 Å². The van der Waals surface area contributed by atoms with Crippen LogP contribution in [0.5, 0.6) is 0 Å². The lowest BCUT2D eigenvalue weighted by Crippen LogP contribution is -2.39. The van der Waals surface area contributed by atoms with Crippen molar-refractivity contribution in [3.05, 3.63) is 59.0 Å². The van der Waals surface area contributed by atoms with E-state index in [-0.39, 0.29) is 22.4 Å². The van der Waals surface area contributed by atoms with E-state index in [1.54, 1.807) is 40.7 Å². The Balaban J connectivity index is 1.72. The van der Waals surface area contributed by atoms with E-state index in [4.69, 9.17) is 16.0 Å². The number of furan rings is 1. The van der Waals surface area contributed by atoms with E-state index in [0.29, 0.717) is 23.9 Å². The van der Waals surface area contributed by atoms with E-state index in [1.165, 1.54) is 6.26 Å². The monoisotopic (exact) mass is 378 g/mol. The van der Waals surface area contributed by atoms with Crippen molar-refractivity contribution in [1.82, 2.24) is 9.80 Å². The molecule has 0 N–H and O–H groups in total. The van der Waals surface area contributed by atoms with Crippen LogP contribution in [0, 0.1) is 0 Å². The van der Waals surface area contributed by atoms with Gasteiger partial charge in [0.15, 0.2) is 5.76 Å². The minimum absolute atomic E-state index is 0.0637. The topological polar surface area (TPSA) is 53.8 Å². The van der Waals surface area contributed by atoms with E-state index in [0.717, 1.165) is 5.56 Å². The van der Waals surface area contributed by atoms with Gasteiger partial charge in [-0.25, -0.2) is 0 Å². The number of amides is 2. The summed E-state index contributed by atoms with van der Waals surface area (Å²) in [5.41, 5.74) is 0.923. The minimum Gasteiger partial charge on any atom is -0.459 e. The number of likely N-dealkylation sites (N-methyl/N-ethyl adjacent to an activating group) is 1. The third-order valence-electron chi connectivity index (χ3n) is 4.17. The summed E-state index contributed by atoms with van der Waals surface area (Å²) in [4.78, 5) is 28.2. The molecule has 0 saturated carbocycles. The second-order valence-electron chi connectivity index (χ2n) is 5.89. The lowest BCUT2D eigenvalue weighted by Gasteiger charge is -2.27. The Morgan fingerprint density at radius 1 is 1.32 bits per heavy atom. The van der Waals surface area contributed by atoms with Crippen LogP contribution >= 0.6 is 23.4 Å². The van der Waals surface area contributed by atoms with E-state index in [1.807, 2.05) is 31.2 Å². The van der Waals surface area contributed by atoms with Gasteiger partial charge in [0.2, 0.25) is 5.91 Å². The minimum atomic E-state index is -0.202. The van der Waals surface area contributed by atoms with E-state index in [2.05, 4.69) is 0 Å². The van der Waals surface area contributed by atoms with Crippen molar-refractivity contribution in [2.75, 3.05) is 20.1 Å². The van der Waals surface area contributed by atoms with Gasteiger partial charge in [0.25, 0.3) is 5.91 Å². The summed E-state index contributed by atoms with van der Waals surface area (Å²) in [7, 11) is 1.70. The SMILES string of the molecule is CC1SC(c2ccccc2Cl)N(CCN(C)C(=O)c2ccco2)C1=O. The molecule has 1 aromatic heterocycles. The Morgan fingerprint density at radius 3 is 2.76 bits per heavy atom. The van der Waals surface area contributed by atoms with Crippen molar-refractivity contribution < 1.29 is 14.0 Å². The van der Waals surface area contributed by atoms with Crippen molar-refractivity contribution in [2.24, 2.45) is 0 Å². The Kier molecular flexibility index (Phi) is 5.39. The fourth-order valence-corrected chi connectivity index (χ4v) is 4.42. The van der Waals surface area contributed by atoms with Gasteiger partial charge in [0.05, 0.1) is 11.5 Å². The summed E-state index contributed by atoms with van der Waals surface area (Å²) in [5, 5.41) is 0.377. The number of carbonyl (C=O) groups excluding carboxylic acids is 2. The predicted octanol–water partition coefficient (Wildman–Crippen LogP) is 3.67. The summed E-state index contributed by atoms with van der Waals surface area (Å²) in [6, 6.07) is 10.9. The maximum absolute atomic E-state index is 12.6. The number of hydrogen-bond acceptors (Lipinski definition) is 4. The molecule has 1 aromatic carbocycles. The van der Waals surface area contributed by atoms with Gasteiger partial charge in [0.1, 0.15) is 5.37 Å². The van der Waals surface area contributed by atoms with Crippen LogP contribution in [0.1, 0.15) is 28.4 Å². The van der Waals surface area contributed by atoms with Crippen molar-refractivity contribution in [1.29, 1.82) is 0 Å². The average molecular weight is 379 g/mol. The largest absolute Gasteiger partial charge is 0.459 e. The van der Waals surface area contributed by atoms with E-state index >= 15 is 0 Å². The molecule has 7 heteroatoms. The Morgan fingerprint density at radius 2 is 2.08 bits per heavy atom. The first kappa shape index (κ1) is 17.9. The first-order chi connectivity index (χ1) is 12.0. The molecule has 1 saturated heterocycles. The van der Waals surface area contributed by atoms with Crippen LogP contribution in [0.3, 0.4) is 0 Å². The zero-order chi connectivity index (χ0) is 18.0. The molecule has 25 heavy (non-hydrogen) atoms. The molecule has 132 valence electrons. The van der Waals surface area contributed by atoms with Crippen LogP contribution in [0.4, 0.5) is 0 Å². The number of rotatable bonds is 5. The smallest absolute Gasteiger partial charge is 0.289 e. The first-order valence-electron chi connectivity index (χ1n) is 7.98. The quantitative estimate of drug-likeness (QED) is 0.796. The van der Waals surface area contributed by atoms with Gasteiger partial charge in [0, 0.05) is 30.7 Å². The number of halogens is 1. The summed E-state index contributed by atoms with van der Waals surface area (Å²) >= 11 is 7.89. The number of nitrogens with zero attached hydrogens (tertiary/aromatic N) is 2. The first-order valence-corrected chi connectivity index (χ1v) is 9.30. The van der Waals surface area contributed by atoms with Gasteiger partial charge in [-0.1, -0.05) is 29.8 Å². The average Bonchev–Trinajstić information content (AvgIpc) is 3.22. The fourth-order valence-electron chi connectivity index (χ4n) is 2.77. The molecule has 1 aliphatic heterocycles. The molecule has 1 aliphatic rings. The zero-order valence-corrected chi connectivity index (χ0v) is 15.6. The summed E-state index contributed by atoms with van der Waals surface area (Å²) in [6.07, 6.45) is 1.47. The number of hydrogen-bond donors (Lipinski definition) is 0. The van der Waals surface area contributed by atoms with Crippen molar-refractivity contribution in [2.45, 2.75) is 17.5 Å². The molecule has 2 aromatic rings. The maximum atomic E-state index is 12.6. The van der Waals surface area contributed by atoms with Crippen LogP contribution in [0.2, 0.25) is 5.02 Å². The van der Waals surface area contributed by atoms with Gasteiger partial charge < -0.3 is 14.2 Å². The molecule has 0 radical (unpaired) electrons. The van der Waals surface area contributed by atoms with Gasteiger partial charge in [-0.2, -0.15) is 0 Å². The molecule has 3 rings (SSSR count). The zero-order valence-electron chi connectivity index (χ0n) is 14.0. The highest BCUT2D eigenvalue weighted by atomic mass is 35.5. The molecular formula is C18H19ClN2O3S. The molecule has 5 nitrogen and oxygen atoms in total. The highest BCUT2D eigenvalue weighted by molar-refractivity contribution is 8.01. The molecule has 0 spiro atoms. The number of carbonyl (C=O) groups is 2. The molecular weight excluding hydrogens is 360 g/mol. The second-order valence-corrected chi connectivity index (χ2v) is 7.72. The van der Waals surface area contributed by atoms with Crippen molar-refractivity contribution in [3.8, 4) is 0 Å². The Labute approximate surface area is 155 Å². The summed E-state index contributed by atoms with van der Waals surface area (Å²) < 4.78 is 5.14. The van der Waals surface area contributed by atoms with Crippen LogP contribution < -0.4 is 0 Å². The van der Waals surface area contributed by atoms with Crippen LogP contribution in [-0.2, 0) is 4.79 Å². The van der Waals surface area contributed by atoms with E-state index in [9.17, 15) is 9.59 Å². The summed E-state index contributed by atoms with van der Waals surface area (Å²) in [6.45, 7) is 2.75. The van der Waals surface area contributed by atoms with Crippen LogP contribution in [0.15, 0.2) is 47.1 Å². The number of benzene rings is 1. The predicted molar refractivity (Wildman–Crippen MR) is 98.6 cm³/mol. The van der Waals surface area contributed by atoms with Crippen molar-refractivity contribution >= 4 is 35.2 Å². The summed E-state index contributed by atoms with van der Waals surface area (Å²) in [5.74, 6) is 0.154. The van der Waals surface area contributed by atoms with Crippen LogP contribution in [0.25, 0.3) is 0 Å². The lowest BCUT2D eigenvalue weighted by atomic mass is 10.2. The maximum Gasteiger partial charge on any atom is 0.289 e. The highest BCUT2D eigenvalue weighted by Crippen LogP contribution is 2.44. The molecule has 1 fully saturated rings.